The van der Waals surface area contributed by atoms with Gasteiger partial charge in [-0.2, -0.15) is 0 Å². The molecule has 0 bridgehead atoms. The lowest BCUT2D eigenvalue weighted by molar-refractivity contribution is -0.166. The van der Waals surface area contributed by atoms with Crippen molar-refractivity contribution in [3.8, 4) is 0 Å². The minimum atomic E-state index is -0.818. The molecule has 384 valence electrons. The van der Waals surface area contributed by atoms with E-state index in [0.29, 0.717) is 19.3 Å². The molecule has 0 rings (SSSR count). The maximum atomic E-state index is 12.8. The number of unbranched alkanes of at least 4 members (excludes halogenated alkanes) is 25. The fourth-order valence-corrected chi connectivity index (χ4v) is 7.63. The number of rotatable bonds is 50. The van der Waals surface area contributed by atoms with E-state index in [0.717, 1.165) is 77.0 Å². The van der Waals surface area contributed by atoms with Gasteiger partial charge in [0.15, 0.2) is 6.10 Å². The summed E-state index contributed by atoms with van der Waals surface area (Å²) in [6.07, 6.45) is 71.5. The van der Waals surface area contributed by atoms with Gasteiger partial charge in [0, 0.05) is 19.3 Å². The Labute approximate surface area is 414 Å². The van der Waals surface area contributed by atoms with Crippen molar-refractivity contribution in [2.45, 2.75) is 271 Å². The molecule has 0 saturated heterocycles. The lowest BCUT2D eigenvalue weighted by Gasteiger charge is -2.18. The van der Waals surface area contributed by atoms with Crippen LogP contribution in [-0.2, 0) is 28.6 Å². The zero-order valence-corrected chi connectivity index (χ0v) is 43.9. The summed E-state index contributed by atoms with van der Waals surface area (Å²) >= 11 is 0. The van der Waals surface area contributed by atoms with Crippen LogP contribution in [0.3, 0.4) is 0 Å². The Morgan fingerprint density at radius 3 is 0.925 bits per heavy atom. The number of carbonyl (C=O) groups is 3. The summed E-state index contributed by atoms with van der Waals surface area (Å²) in [5.41, 5.74) is 0. The van der Waals surface area contributed by atoms with Gasteiger partial charge in [-0.25, -0.2) is 0 Å². The molecular weight excluding hydrogens is 829 g/mol. The number of esters is 3. The Kier molecular flexibility index (Phi) is 52.4. The van der Waals surface area contributed by atoms with Crippen LogP contribution in [0.25, 0.3) is 0 Å². The zero-order chi connectivity index (χ0) is 48.6. The van der Waals surface area contributed by atoms with Crippen molar-refractivity contribution in [1.29, 1.82) is 0 Å². The van der Waals surface area contributed by atoms with E-state index in [1.54, 1.807) is 0 Å². The van der Waals surface area contributed by atoms with Crippen molar-refractivity contribution >= 4 is 17.9 Å². The second-order valence-electron chi connectivity index (χ2n) is 18.5. The highest BCUT2D eigenvalue weighted by molar-refractivity contribution is 5.71. The molecule has 0 fully saturated rings. The van der Waals surface area contributed by atoms with Gasteiger partial charge in [-0.1, -0.05) is 241 Å². The average Bonchev–Trinajstić information content (AvgIpc) is 3.33. The van der Waals surface area contributed by atoms with E-state index in [4.69, 9.17) is 14.2 Å². The average molecular weight is 933 g/mol. The van der Waals surface area contributed by atoms with Gasteiger partial charge in [0.05, 0.1) is 0 Å². The normalized spacial score (nSPS) is 12.7. The van der Waals surface area contributed by atoms with Gasteiger partial charge in [0.1, 0.15) is 13.2 Å². The van der Waals surface area contributed by atoms with Crippen LogP contribution < -0.4 is 0 Å². The van der Waals surface area contributed by atoms with Crippen LogP contribution in [0, 0.1) is 0 Å². The van der Waals surface area contributed by atoms with Gasteiger partial charge in [0.25, 0.3) is 0 Å². The largest absolute Gasteiger partial charge is 0.462 e. The Bertz CT molecular complexity index is 1300. The van der Waals surface area contributed by atoms with Crippen LogP contribution in [0.5, 0.6) is 0 Å². The number of hydrogen-bond acceptors (Lipinski definition) is 6. The molecule has 0 aromatic carbocycles. The summed E-state index contributed by atoms with van der Waals surface area (Å²) in [6.45, 7) is 6.53. The standard InChI is InChI=1S/C61H104O6/c1-4-7-10-13-16-19-22-25-27-29-30-32-34-37-40-43-46-49-52-55-61(64)67-58(56-65-59(62)53-50-47-44-41-38-35-24-21-18-15-12-9-6-3)57-66-60(63)54-51-48-45-42-39-36-33-31-28-26-23-20-17-14-11-8-5-2/h16-17,19-20,25-28,30,32,37,40,46,49,58H,4-15,18,21-24,29,31,33-36,38-39,41-45,47-48,50-57H2,1-3H3/b19-16-,20-17-,27-25-,28-26-,32-30-,40-37-,49-46-/t58-/m0/s1. The maximum absolute atomic E-state index is 12.8. The molecule has 0 radical (unpaired) electrons. The lowest BCUT2D eigenvalue weighted by Crippen LogP contribution is -2.30. The monoisotopic (exact) mass is 933 g/mol. The quantitative estimate of drug-likeness (QED) is 0.0262. The molecule has 1 atom stereocenters. The number of ether oxygens (including phenoxy) is 3. The van der Waals surface area contributed by atoms with E-state index >= 15 is 0 Å². The van der Waals surface area contributed by atoms with Crippen LogP contribution in [0.15, 0.2) is 85.1 Å². The third kappa shape index (κ3) is 53.4. The fourth-order valence-electron chi connectivity index (χ4n) is 7.63. The first-order chi connectivity index (χ1) is 33.0. The molecule has 0 aromatic heterocycles. The second-order valence-corrected chi connectivity index (χ2v) is 18.5. The fraction of sp³-hybridized carbons (Fsp3) is 0.721. The molecule has 0 amide bonds. The molecule has 0 heterocycles. The molecule has 0 spiro atoms. The first kappa shape index (κ1) is 63.6. The Balaban J connectivity index is 4.50. The maximum Gasteiger partial charge on any atom is 0.306 e. The van der Waals surface area contributed by atoms with Crippen LogP contribution in [-0.4, -0.2) is 37.2 Å². The topological polar surface area (TPSA) is 78.9 Å². The summed E-state index contributed by atoms with van der Waals surface area (Å²) in [4.78, 5) is 38.1. The summed E-state index contributed by atoms with van der Waals surface area (Å²) in [7, 11) is 0. The summed E-state index contributed by atoms with van der Waals surface area (Å²) < 4.78 is 16.8. The minimum Gasteiger partial charge on any atom is -0.462 e. The molecule has 0 unspecified atom stereocenters. The lowest BCUT2D eigenvalue weighted by atomic mass is 10.0. The zero-order valence-electron chi connectivity index (χ0n) is 43.9. The first-order valence-electron chi connectivity index (χ1n) is 28.1. The van der Waals surface area contributed by atoms with Gasteiger partial charge >= 0.3 is 17.9 Å². The van der Waals surface area contributed by atoms with Crippen molar-refractivity contribution < 1.29 is 28.6 Å². The minimum absolute atomic E-state index is 0.107. The summed E-state index contributed by atoms with van der Waals surface area (Å²) in [6, 6.07) is 0. The molecule has 0 aliphatic heterocycles. The predicted octanol–water partition coefficient (Wildman–Crippen LogP) is 18.8. The Hall–Kier alpha value is -3.41. The third-order valence-corrected chi connectivity index (χ3v) is 11.9. The summed E-state index contributed by atoms with van der Waals surface area (Å²) in [5, 5.41) is 0. The smallest absolute Gasteiger partial charge is 0.306 e. The van der Waals surface area contributed by atoms with E-state index in [1.165, 1.54) is 141 Å². The van der Waals surface area contributed by atoms with E-state index in [-0.39, 0.29) is 31.6 Å². The van der Waals surface area contributed by atoms with Crippen LogP contribution >= 0.6 is 0 Å². The van der Waals surface area contributed by atoms with E-state index in [1.807, 2.05) is 6.08 Å². The van der Waals surface area contributed by atoms with Gasteiger partial charge in [-0.05, 0) is 89.9 Å². The highest BCUT2D eigenvalue weighted by Crippen LogP contribution is 2.15. The number of allylic oxidation sites excluding steroid dienone is 14. The van der Waals surface area contributed by atoms with Gasteiger partial charge in [-0.15, -0.1) is 0 Å². The van der Waals surface area contributed by atoms with Gasteiger partial charge < -0.3 is 14.2 Å². The van der Waals surface area contributed by atoms with Crippen LogP contribution in [0.1, 0.15) is 265 Å². The Morgan fingerprint density at radius 2 is 0.567 bits per heavy atom. The third-order valence-electron chi connectivity index (χ3n) is 11.9. The number of hydrogen-bond donors (Lipinski definition) is 0. The van der Waals surface area contributed by atoms with Crippen molar-refractivity contribution in [1.82, 2.24) is 0 Å². The van der Waals surface area contributed by atoms with Crippen molar-refractivity contribution in [3.63, 3.8) is 0 Å². The van der Waals surface area contributed by atoms with Crippen molar-refractivity contribution in [2.24, 2.45) is 0 Å². The molecule has 0 aliphatic rings. The van der Waals surface area contributed by atoms with Crippen LogP contribution in [0.2, 0.25) is 0 Å². The SMILES string of the molecule is CCCCC/C=C\C/C=C\C/C=C\C/C=C\C/C=C\CCC(=O)O[C@H](COC(=O)CCCCCCCCC/C=C\C/C=C\CCCCC)COC(=O)CCCCCCCCCCCCCCC. The molecule has 0 aromatic rings. The van der Waals surface area contributed by atoms with Gasteiger partial charge in [-0.3, -0.25) is 14.4 Å². The second kappa shape index (κ2) is 55.2. The highest BCUT2D eigenvalue weighted by atomic mass is 16.6. The van der Waals surface area contributed by atoms with Gasteiger partial charge in [0.2, 0.25) is 0 Å². The molecular formula is C61H104O6. The van der Waals surface area contributed by atoms with Crippen molar-refractivity contribution in [2.75, 3.05) is 13.2 Å². The van der Waals surface area contributed by atoms with E-state index < -0.39 is 12.1 Å². The Morgan fingerprint density at radius 1 is 0.299 bits per heavy atom. The molecule has 0 saturated carbocycles. The molecule has 6 nitrogen and oxygen atoms in total. The molecule has 67 heavy (non-hydrogen) atoms. The van der Waals surface area contributed by atoms with E-state index in [2.05, 4.69) is 99.8 Å². The number of carbonyl (C=O) groups excluding carboxylic acids is 3. The molecule has 0 aliphatic carbocycles. The molecule has 6 heteroatoms. The van der Waals surface area contributed by atoms with Crippen LogP contribution in [0.4, 0.5) is 0 Å². The highest BCUT2D eigenvalue weighted by Gasteiger charge is 2.19. The first-order valence-corrected chi connectivity index (χ1v) is 28.1. The summed E-state index contributed by atoms with van der Waals surface area (Å²) in [5.74, 6) is -0.994. The van der Waals surface area contributed by atoms with E-state index in [9.17, 15) is 14.4 Å². The predicted molar refractivity (Wildman–Crippen MR) is 288 cm³/mol. The van der Waals surface area contributed by atoms with Crippen molar-refractivity contribution in [3.05, 3.63) is 85.1 Å². The molecule has 0 N–H and O–H groups in total.